The zero-order valence-electron chi connectivity index (χ0n) is 12.8. The van der Waals surface area contributed by atoms with E-state index in [-0.39, 0.29) is 18.7 Å². The van der Waals surface area contributed by atoms with E-state index in [0.29, 0.717) is 13.0 Å². The van der Waals surface area contributed by atoms with Gasteiger partial charge in [-0.3, -0.25) is 4.79 Å². The second-order valence-corrected chi connectivity index (χ2v) is 6.09. The van der Waals surface area contributed by atoms with Gasteiger partial charge in [-0.1, -0.05) is 22.0 Å². The Kier molecular flexibility index (Phi) is 6.18. The predicted molar refractivity (Wildman–Crippen MR) is 90.4 cm³/mol. The fourth-order valence-corrected chi connectivity index (χ4v) is 3.05. The summed E-state index contributed by atoms with van der Waals surface area (Å²) in [6.07, 6.45) is 2.80. The van der Waals surface area contributed by atoms with Gasteiger partial charge in [0, 0.05) is 48.1 Å². The summed E-state index contributed by atoms with van der Waals surface area (Å²) in [5, 5.41) is 12.9. The molecule has 0 saturated carbocycles. The summed E-state index contributed by atoms with van der Waals surface area (Å²) in [7, 11) is 1.56. The quantitative estimate of drug-likeness (QED) is 0.611. The van der Waals surface area contributed by atoms with Crippen molar-refractivity contribution in [1.82, 2.24) is 10.3 Å². The monoisotopic (exact) mass is 382 g/mol. The molecule has 23 heavy (non-hydrogen) atoms. The summed E-state index contributed by atoms with van der Waals surface area (Å²) in [4.78, 5) is 26.4. The van der Waals surface area contributed by atoms with Gasteiger partial charge in [0.2, 0.25) is 5.91 Å². The van der Waals surface area contributed by atoms with Crippen molar-refractivity contribution in [1.29, 1.82) is 0 Å². The Balaban J connectivity index is 2.09. The third kappa shape index (κ3) is 4.56. The number of carbonyl (C=O) groups excluding carboxylic acids is 1. The number of aromatic nitrogens is 1. The largest absolute Gasteiger partial charge is 0.480 e. The van der Waals surface area contributed by atoms with Crippen LogP contribution in [0.2, 0.25) is 0 Å². The van der Waals surface area contributed by atoms with Crippen LogP contribution in [0, 0.1) is 0 Å². The number of carboxylic acid groups (broad SMARTS) is 1. The topological polar surface area (TPSA) is 91.4 Å². The van der Waals surface area contributed by atoms with Crippen molar-refractivity contribution in [2.45, 2.75) is 25.3 Å². The summed E-state index contributed by atoms with van der Waals surface area (Å²) in [5.74, 6) is -1.33. The number of nitrogens with one attached hydrogen (secondary N) is 2. The number of aliphatic carboxylic acids is 1. The number of carboxylic acids is 1. The van der Waals surface area contributed by atoms with E-state index in [0.717, 1.165) is 20.9 Å². The predicted octanol–water partition coefficient (Wildman–Crippen LogP) is 2.47. The van der Waals surface area contributed by atoms with Crippen LogP contribution in [0.15, 0.2) is 28.9 Å². The Labute approximate surface area is 142 Å². The molecule has 0 aliphatic carbocycles. The Hall–Kier alpha value is -1.86. The van der Waals surface area contributed by atoms with Gasteiger partial charge in [0.05, 0.1) is 0 Å². The van der Waals surface area contributed by atoms with Crippen LogP contribution in [-0.4, -0.2) is 41.7 Å². The normalized spacial score (nSPS) is 12.3. The summed E-state index contributed by atoms with van der Waals surface area (Å²) >= 11 is 3.48. The second kappa shape index (κ2) is 8.12. The van der Waals surface area contributed by atoms with Crippen molar-refractivity contribution in [2.24, 2.45) is 0 Å². The minimum atomic E-state index is -1.05. The molecule has 1 atom stereocenters. The van der Waals surface area contributed by atoms with Crippen molar-refractivity contribution >= 4 is 38.7 Å². The van der Waals surface area contributed by atoms with E-state index >= 15 is 0 Å². The van der Waals surface area contributed by atoms with Gasteiger partial charge in [0.15, 0.2) is 0 Å². The number of benzene rings is 1. The van der Waals surface area contributed by atoms with E-state index in [4.69, 9.17) is 4.74 Å². The highest BCUT2D eigenvalue weighted by Crippen LogP contribution is 2.27. The van der Waals surface area contributed by atoms with Gasteiger partial charge in [0.25, 0.3) is 0 Å². The highest BCUT2D eigenvalue weighted by Gasteiger charge is 2.22. The third-order valence-electron chi connectivity index (χ3n) is 3.55. The molecule has 2 aromatic rings. The average Bonchev–Trinajstić information content (AvgIpc) is 2.91. The van der Waals surface area contributed by atoms with Crippen LogP contribution in [0.4, 0.5) is 0 Å². The zero-order chi connectivity index (χ0) is 16.8. The Morgan fingerprint density at radius 3 is 2.91 bits per heavy atom. The standard InChI is InChI=1S/C16H19BrN2O4/c1-23-7-3-6-14(20)19-13(16(21)22)8-10-9-18-12-5-2-4-11(17)15(10)12/h2,4-5,9,13,18H,3,6-8H2,1H3,(H,19,20)(H,21,22). The van der Waals surface area contributed by atoms with Gasteiger partial charge < -0.3 is 20.1 Å². The molecule has 0 fully saturated rings. The summed E-state index contributed by atoms with van der Waals surface area (Å²) in [6.45, 7) is 0.473. The van der Waals surface area contributed by atoms with E-state index in [2.05, 4.69) is 26.2 Å². The number of aromatic amines is 1. The van der Waals surface area contributed by atoms with Crippen LogP contribution in [0.3, 0.4) is 0 Å². The lowest BCUT2D eigenvalue weighted by Crippen LogP contribution is -2.42. The van der Waals surface area contributed by atoms with Gasteiger partial charge in [-0.05, 0) is 24.1 Å². The first-order chi connectivity index (χ1) is 11.0. The molecule has 124 valence electrons. The molecule has 0 saturated heterocycles. The number of halogens is 1. The number of H-pyrrole nitrogens is 1. The lowest BCUT2D eigenvalue weighted by Gasteiger charge is -2.14. The van der Waals surface area contributed by atoms with Crippen molar-refractivity contribution in [3.63, 3.8) is 0 Å². The molecular weight excluding hydrogens is 364 g/mol. The Morgan fingerprint density at radius 2 is 2.22 bits per heavy atom. The van der Waals surface area contributed by atoms with Crippen molar-refractivity contribution < 1.29 is 19.4 Å². The first-order valence-corrected chi connectivity index (χ1v) is 8.07. The second-order valence-electron chi connectivity index (χ2n) is 5.24. The minimum absolute atomic E-state index is 0.216. The molecule has 0 bridgehead atoms. The Bertz CT molecular complexity index is 698. The van der Waals surface area contributed by atoms with Gasteiger partial charge in [0.1, 0.15) is 6.04 Å². The molecule has 1 unspecified atom stereocenters. The number of methoxy groups -OCH3 is 1. The molecule has 1 aromatic heterocycles. The first kappa shape index (κ1) is 17.5. The number of rotatable bonds is 8. The molecule has 0 aliphatic rings. The third-order valence-corrected chi connectivity index (χ3v) is 4.21. The smallest absolute Gasteiger partial charge is 0.326 e. The molecule has 1 aromatic carbocycles. The van der Waals surface area contributed by atoms with Gasteiger partial charge in [-0.25, -0.2) is 4.79 Å². The first-order valence-electron chi connectivity index (χ1n) is 7.28. The van der Waals surface area contributed by atoms with Crippen LogP contribution in [-0.2, 0) is 20.7 Å². The van der Waals surface area contributed by atoms with Crippen LogP contribution in [0.25, 0.3) is 10.9 Å². The van der Waals surface area contributed by atoms with E-state index in [1.54, 1.807) is 13.3 Å². The molecule has 1 amide bonds. The number of hydrogen-bond acceptors (Lipinski definition) is 3. The number of ether oxygens (including phenoxy) is 1. The maximum Gasteiger partial charge on any atom is 0.326 e. The van der Waals surface area contributed by atoms with Crippen LogP contribution >= 0.6 is 15.9 Å². The fraction of sp³-hybridized carbons (Fsp3) is 0.375. The molecule has 6 nitrogen and oxygen atoms in total. The van der Waals surface area contributed by atoms with E-state index in [9.17, 15) is 14.7 Å². The van der Waals surface area contributed by atoms with Crippen molar-refractivity contribution in [3.8, 4) is 0 Å². The fourth-order valence-electron chi connectivity index (χ4n) is 2.43. The molecule has 0 aliphatic heterocycles. The lowest BCUT2D eigenvalue weighted by molar-refractivity contribution is -0.141. The van der Waals surface area contributed by atoms with Crippen LogP contribution in [0.1, 0.15) is 18.4 Å². The van der Waals surface area contributed by atoms with Gasteiger partial charge in [-0.15, -0.1) is 0 Å². The molecular formula is C16H19BrN2O4. The Morgan fingerprint density at radius 1 is 1.43 bits per heavy atom. The highest BCUT2D eigenvalue weighted by atomic mass is 79.9. The number of hydrogen-bond donors (Lipinski definition) is 3. The van der Waals surface area contributed by atoms with E-state index in [1.807, 2.05) is 18.2 Å². The molecule has 0 spiro atoms. The number of amides is 1. The lowest BCUT2D eigenvalue weighted by atomic mass is 10.0. The zero-order valence-corrected chi connectivity index (χ0v) is 14.4. The molecule has 0 radical (unpaired) electrons. The number of fused-ring (bicyclic) bond motifs is 1. The molecule has 2 rings (SSSR count). The maximum atomic E-state index is 11.8. The SMILES string of the molecule is COCCCC(=O)NC(Cc1c[nH]c2cccc(Br)c12)C(=O)O. The molecule has 3 N–H and O–H groups in total. The number of carbonyl (C=O) groups is 2. The summed E-state index contributed by atoms with van der Waals surface area (Å²) < 4.78 is 5.78. The van der Waals surface area contributed by atoms with Crippen molar-refractivity contribution in [2.75, 3.05) is 13.7 Å². The van der Waals surface area contributed by atoms with Crippen LogP contribution in [0.5, 0.6) is 0 Å². The average molecular weight is 383 g/mol. The summed E-state index contributed by atoms with van der Waals surface area (Å²) in [5.41, 5.74) is 1.77. The highest BCUT2D eigenvalue weighted by molar-refractivity contribution is 9.10. The van der Waals surface area contributed by atoms with E-state index in [1.165, 1.54) is 0 Å². The van der Waals surface area contributed by atoms with E-state index < -0.39 is 12.0 Å². The van der Waals surface area contributed by atoms with Gasteiger partial charge >= 0.3 is 5.97 Å². The summed E-state index contributed by atoms with van der Waals surface area (Å²) in [6, 6.07) is 4.76. The minimum Gasteiger partial charge on any atom is -0.480 e. The van der Waals surface area contributed by atoms with Crippen LogP contribution < -0.4 is 5.32 Å². The maximum absolute atomic E-state index is 11.8. The molecule has 1 heterocycles. The van der Waals surface area contributed by atoms with Crippen molar-refractivity contribution in [3.05, 3.63) is 34.4 Å². The van der Waals surface area contributed by atoms with Gasteiger partial charge in [-0.2, -0.15) is 0 Å². The molecule has 7 heteroatoms.